The van der Waals surface area contributed by atoms with Crippen molar-refractivity contribution >= 4 is 5.69 Å². The molecule has 1 aromatic carbocycles. The van der Waals surface area contributed by atoms with E-state index in [1.807, 2.05) is 57.2 Å². The van der Waals surface area contributed by atoms with Crippen LogP contribution in [0.15, 0.2) is 41.2 Å². The zero-order chi connectivity index (χ0) is 15.6. The molecule has 0 aliphatic carbocycles. The van der Waals surface area contributed by atoms with E-state index >= 15 is 0 Å². The summed E-state index contributed by atoms with van der Waals surface area (Å²) in [5.41, 5.74) is 7.99. The lowest BCUT2D eigenvalue weighted by Gasteiger charge is -2.24. The van der Waals surface area contributed by atoms with Crippen LogP contribution in [-0.2, 0) is 12.0 Å². The normalized spacial score (nSPS) is 11.1. The first-order valence-corrected chi connectivity index (χ1v) is 6.82. The Morgan fingerprint density at radius 2 is 1.76 bits per heavy atom. The average Bonchev–Trinajstić information content (AvgIpc) is 2.42. The van der Waals surface area contributed by atoms with Crippen molar-refractivity contribution in [1.29, 1.82) is 5.26 Å². The maximum atomic E-state index is 12.5. The van der Waals surface area contributed by atoms with E-state index in [-0.39, 0.29) is 16.5 Å². The molecule has 2 aromatic rings. The topological polar surface area (TPSA) is 71.8 Å². The number of nitrogens with zero attached hydrogens (tertiary/aromatic N) is 2. The lowest BCUT2D eigenvalue weighted by molar-refractivity contribution is 0.517. The van der Waals surface area contributed by atoms with E-state index in [0.29, 0.717) is 12.2 Å². The Morgan fingerprint density at radius 3 is 2.29 bits per heavy atom. The van der Waals surface area contributed by atoms with Gasteiger partial charge in [0.2, 0.25) is 0 Å². The molecule has 0 saturated carbocycles. The van der Waals surface area contributed by atoms with Crippen LogP contribution < -0.4 is 11.3 Å². The number of nitrogens with two attached hydrogens (primary N) is 1. The second-order valence-electron chi connectivity index (χ2n) is 6.13. The molecule has 108 valence electrons. The SMILES string of the molecule is CC(C)(C)c1ccc(C#N)c(=O)n1Cc1ccc(N)cc1. The number of hydrogen-bond donors (Lipinski definition) is 1. The molecule has 0 fully saturated rings. The van der Waals surface area contributed by atoms with Gasteiger partial charge in [-0.2, -0.15) is 5.26 Å². The van der Waals surface area contributed by atoms with Crippen LogP contribution in [0.4, 0.5) is 5.69 Å². The molecule has 0 spiro atoms. The molecule has 0 saturated heterocycles. The zero-order valence-corrected chi connectivity index (χ0v) is 12.6. The third-order valence-corrected chi connectivity index (χ3v) is 3.38. The average molecular weight is 281 g/mol. The lowest BCUT2D eigenvalue weighted by atomic mass is 9.90. The number of benzene rings is 1. The predicted molar refractivity (Wildman–Crippen MR) is 84.1 cm³/mol. The van der Waals surface area contributed by atoms with Gasteiger partial charge >= 0.3 is 0 Å². The standard InChI is InChI=1S/C17H19N3O/c1-17(2,3)15-9-6-13(10-18)16(21)20(15)11-12-4-7-14(19)8-5-12/h4-9H,11,19H2,1-3H3. The molecule has 0 aliphatic heterocycles. The third kappa shape index (κ3) is 3.14. The molecule has 0 radical (unpaired) electrons. The van der Waals surface area contributed by atoms with Crippen LogP contribution >= 0.6 is 0 Å². The summed E-state index contributed by atoms with van der Waals surface area (Å²) in [7, 11) is 0. The van der Waals surface area contributed by atoms with Gasteiger partial charge in [0, 0.05) is 16.8 Å². The van der Waals surface area contributed by atoms with E-state index in [1.54, 1.807) is 10.6 Å². The first-order chi connectivity index (χ1) is 9.82. The van der Waals surface area contributed by atoms with Crippen LogP contribution in [0.2, 0.25) is 0 Å². The van der Waals surface area contributed by atoms with Gasteiger partial charge in [-0.3, -0.25) is 4.79 Å². The van der Waals surface area contributed by atoms with E-state index in [0.717, 1.165) is 11.3 Å². The molecule has 2 rings (SSSR count). The minimum absolute atomic E-state index is 0.165. The van der Waals surface area contributed by atoms with E-state index in [1.165, 1.54) is 0 Å². The maximum absolute atomic E-state index is 12.5. The molecule has 4 heteroatoms. The van der Waals surface area contributed by atoms with Crippen molar-refractivity contribution in [3.8, 4) is 6.07 Å². The Hall–Kier alpha value is -2.54. The monoisotopic (exact) mass is 281 g/mol. The first-order valence-electron chi connectivity index (χ1n) is 6.82. The summed E-state index contributed by atoms with van der Waals surface area (Å²) in [4.78, 5) is 12.5. The Balaban J connectivity index is 2.57. The number of rotatable bonds is 2. The number of anilines is 1. The summed E-state index contributed by atoms with van der Waals surface area (Å²) in [6, 6.07) is 12.8. The number of nitriles is 1. The van der Waals surface area contributed by atoms with E-state index in [4.69, 9.17) is 11.0 Å². The Labute approximate surface area is 124 Å². The fourth-order valence-electron chi connectivity index (χ4n) is 2.28. The minimum Gasteiger partial charge on any atom is -0.399 e. The van der Waals surface area contributed by atoms with Gasteiger partial charge in [-0.05, 0) is 29.8 Å². The zero-order valence-electron chi connectivity index (χ0n) is 12.6. The summed E-state index contributed by atoms with van der Waals surface area (Å²) >= 11 is 0. The van der Waals surface area contributed by atoms with Gasteiger partial charge in [-0.1, -0.05) is 32.9 Å². The molecule has 2 N–H and O–H groups in total. The largest absolute Gasteiger partial charge is 0.399 e. The number of aromatic nitrogens is 1. The Kier molecular flexibility index (Phi) is 3.86. The van der Waals surface area contributed by atoms with Gasteiger partial charge in [-0.15, -0.1) is 0 Å². The molecule has 0 amide bonds. The third-order valence-electron chi connectivity index (χ3n) is 3.38. The molecular weight excluding hydrogens is 262 g/mol. The summed E-state index contributed by atoms with van der Waals surface area (Å²) in [5.74, 6) is 0. The highest BCUT2D eigenvalue weighted by atomic mass is 16.1. The van der Waals surface area contributed by atoms with Gasteiger partial charge in [0.25, 0.3) is 5.56 Å². The van der Waals surface area contributed by atoms with Crippen LogP contribution in [-0.4, -0.2) is 4.57 Å². The van der Waals surface area contributed by atoms with E-state index in [2.05, 4.69) is 0 Å². The van der Waals surface area contributed by atoms with Crippen molar-refractivity contribution in [2.24, 2.45) is 0 Å². The van der Waals surface area contributed by atoms with E-state index in [9.17, 15) is 4.79 Å². The minimum atomic E-state index is -0.248. The van der Waals surface area contributed by atoms with Crippen molar-refractivity contribution in [2.45, 2.75) is 32.7 Å². The molecule has 1 aromatic heterocycles. The smallest absolute Gasteiger partial charge is 0.268 e. The highest BCUT2D eigenvalue weighted by Crippen LogP contribution is 2.22. The van der Waals surface area contributed by atoms with Crippen LogP contribution in [0.5, 0.6) is 0 Å². The summed E-state index contributed by atoms with van der Waals surface area (Å²) < 4.78 is 1.67. The van der Waals surface area contributed by atoms with Gasteiger partial charge in [0.05, 0.1) is 6.54 Å². The van der Waals surface area contributed by atoms with Gasteiger partial charge in [0.1, 0.15) is 11.6 Å². The second kappa shape index (κ2) is 5.45. The molecule has 0 bridgehead atoms. The van der Waals surface area contributed by atoms with Crippen LogP contribution in [0, 0.1) is 11.3 Å². The van der Waals surface area contributed by atoms with Gasteiger partial charge in [-0.25, -0.2) is 0 Å². The van der Waals surface area contributed by atoms with Gasteiger partial charge in [0.15, 0.2) is 0 Å². The molecule has 4 nitrogen and oxygen atoms in total. The van der Waals surface area contributed by atoms with Crippen LogP contribution in [0.3, 0.4) is 0 Å². The van der Waals surface area contributed by atoms with Crippen molar-refractivity contribution < 1.29 is 0 Å². The fourth-order valence-corrected chi connectivity index (χ4v) is 2.28. The molecule has 0 aliphatic rings. The fraction of sp³-hybridized carbons (Fsp3) is 0.294. The second-order valence-corrected chi connectivity index (χ2v) is 6.13. The molecule has 21 heavy (non-hydrogen) atoms. The lowest BCUT2D eigenvalue weighted by Crippen LogP contribution is -2.31. The van der Waals surface area contributed by atoms with Crippen molar-refractivity contribution in [1.82, 2.24) is 4.57 Å². The number of hydrogen-bond acceptors (Lipinski definition) is 3. The van der Waals surface area contributed by atoms with Crippen LogP contribution in [0.25, 0.3) is 0 Å². The van der Waals surface area contributed by atoms with E-state index < -0.39 is 0 Å². The molecule has 1 heterocycles. The van der Waals surface area contributed by atoms with Crippen molar-refractivity contribution in [3.05, 3.63) is 63.6 Å². The maximum Gasteiger partial charge on any atom is 0.268 e. The summed E-state index contributed by atoms with van der Waals surface area (Å²) in [6.07, 6.45) is 0. The first kappa shape index (κ1) is 14.9. The highest BCUT2D eigenvalue weighted by Gasteiger charge is 2.20. The van der Waals surface area contributed by atoms with Crippen LogP contribution in [0.1, 0.15) is 37.6 Å². The quantitative estimate of drug-likeness (QED) is 0.860. The van der Waals surface area contributed by atoms with Gasteiger partial charge < -0.3 is 10.3 Å². The predicted octanol–water partition coefficient (Wildman–Crippen LogP) is 2.65. The van der Waals surface area contributed by atoms with Crippen molar-refractivity contribution in [2.75, 3.05) is 5.73 Å². The Bertz CT molecular complexity index is 744. The van der Waals surface area contributed by atoms with Crippen molar-refractivity contribution in [3.63, 3.8) is 0 Å². The molecule has 0 atom stereocenters. The number of nitrogen functional groups attached to an aromatic ring is 1. The molecular formula is C17H19N3O. The molecule has 0 unspecified atom stereocenters. The Morgan fingerprint density at radius 1 is 1.14 bits per heavy atom. The summed E-state index contributed by atoms with van der Waals surface area (Å²) in [5, 5.41) is 9.06. The highest BCUT2D eigenvalue weighted by molar-refractivity contribution is 5.39. The summed E-state index contributed by atoms with van der Waals surface area (Å²) in [6.45, 7) is 6.58. The number of pyridine rings is 1.